The molecule has 1 fully saturated rings. The molecule has 124 valence electrons. The summed E-state index contributed by atoms with van der Waals surface area (Å²) in [4.78, 5) is 4.55. The average Bonchev–Trinajstić information content (AvgIpc) is 2.68. The zero-order chi connectivity index (χ0) is 16.7. The van der Waals surface area contributed by atoms with Gasteiger partial charge in [0.25, 0.3) is 0 Å². The van der Waals surface area contributed by atoms with E-state index in [0.29, 0.717) is 18.0 Å². The largest absolute Gasteiger partial charge is 0.315 e. The van der Waals surface area contributed by atoms with Crippen LogP contribution in [0.25, 0.3) is 10.8 Å². The fraction of sp³-hybridized carbons (Fsp3) is 0.471. The maximum atomic E-state index is 13.4. The molecule has 0 aliphatic carbocycles. The van der Waals surface area contributed by atoms with Crippen molar-refractivity contribution in [3.05, 3.63) is 36.2 Å². The summed E-state index contributed by atoms with van der Waals surface area (Å²) >= 11 is 0. The minimum Gasteiger partial charge on any atom is -0.315 e. The first-order chi connectivity index (χ1) is 10.8. The molecular formula is C17H23N3O2S. The third-order valence-electron chi connectivity index (χ3n) is 4.45. The standard InChI is InChI=1S/C17H23N3O2S/c1-13-10-19-11-14-6-4-7-15(16(13)14)23(21,22)20-9-5-8-18-12-17(20,2)3/h4,6-7,10-11,18H,5,8-9,12H2,1-3H3. The summed E-state index contributed by atoms with van der Waals surface area (Å²) < 4.78 is 28.4. The number of hydrogen-bond acceptors (Lipinski definition) is 4. The van der Waals surface area contributed by atoms with Crippen molar-refractivity contribution in [2.24, 2.45) is 0 Å². The van der Waals surface area contributed by atoms with Crippen molar-refractivity contribution in [1.82, 2.24) is 14.6 Å². The van der Waals surface area contributed by atoms with Crippen molar-refractivity contribution >= 4 is 20.8 Å². The van der Waals surface area contributed by atoms with E-state index in [9.17, 15) is 8.42 Å². The molecule has 2 heterocycles. The van der Waals surface area contributed by atoms with Crippen molar-refractivity contribution in [1.29, 1.82) is 0 Å². The van der Waals surface area contributed by atoms with Gasteiger partial charge in [0.1, 0.15) is 0 Å². The lowest BCUT2D eigenvalue weighted by molar-refractivity contribution is 0.242. The molecular weight excluding hydrogens is 310 g/mol. The number of rotatable bonds is 2. The van der Waals surface area contributed by atoms with Crippen molar-refractivity contribution in [2.75, 3.05) is 19.6 Å². The molecule has 0 amide bonds. The summed E-state index contributed by atoms with van der Waals surface area (Å²) in [5, 5.41) is 4.96. The Morgan fingerprint density at radius 1 is 1.26 bits per heavy atom. The third-order valence-corrected chi connectivity index (χ3v) is 6.60. The van der Waals surface area contributed by atoms with Gasteiger partial charge >= 0.3 is 0 Å². The normalized spacial score (nSPS) is 19.6. The summed E-state index contributed by atoms with van der Waals surface area (Å²) in [5.41, 5.74) is 0.422. The fourth-order valence-corrected chi connectivity index (χ4v) is 5.39. The molecule has 0 atom stereocenters. The second-order valence-electron chi connectivity index (χ2n) is 6.73. The van der Waals surface area contributed by atoms with Crippen LogP contribution in [0.4, 0.5) is 0 Å². The molecule has 0 radical (unpaired) electrons. The highest BCUT2D eigenvalue weighted by Gasteiger charge is 2.38. The van der Waals surface area contributed by atoms with Gasteiger partial charge < -0.3 is 5.32 Å². The Labute approximate surface area is 137 Å². The average molecular weight is 333 g/mol. The molecule has 0 unspecified atom stereocenters. The Morgan fingerprint density at radius 3 is 2.83 bits per heavy atom. The minimum absolute atomic E-state index is 0.380. The van der Waals surface area contributed by atoms with Crippen molar-refractivity contribution < 1.29 is 8.42 Å². The minimum atomic E-state index is -3.58. The van der Waals surface area contributed by atoms with Crippen LogP contribution in [-0.2, 0) is 10.0 Å². The van der Waals surface area contributed by atoms with Crippen molar-refractivity contribution in [3.8, 4) is 0 Å². The summed E-state index contributed by atoms with van der Waals surface area (Å²) in [6.45, 7) is 7.88. The number of aryl methyl sites for hydroxylation is 1. The lowest BCUT2D eigenvalue weighted by Crippen LogP contribution is -2.51. The van der Waals surface area contributed by atoms with Gasteiger partial charge in [-0.2, -0.15) is 4.31 Å². The van der Waals surface area contributed by atoms with E-state index in [1.807, 2.05) is 26.8 Å². The number of nitrogens with one attached hydrogen (secondary N) is 1. The Kier molecular flexibility index (Phi) is 4.16. The highest BCUT2D eigenvalue weighted by Crippen LogP contribution is 2.31. The van der Waals surface area contributed by atoms with Crippen LogP contribution in [0.15, 0.2) is 35.5 Å². The molecule has 1 aliphatic heterocycles. The fourth-order valence-electron chi connectivity index (χ4n) is 3.28. The molecule has 3 rings (SSSR count). The smallest absolute Gasteiger partial charge is 0.244 e. The lowest BCUT2D eigenvalue weighted by atomic mass is 10.1. The summed E-state index contributed by atoms with van der Waals surface area (Å²) in [7, 11) is -3.58. The summed E-state index contributed by atoms with van der Waals surface area (Å²) in [6, 6.07) is 5.40. The van der Waals surface area contributed by atoms with E-state index >= 15 is 0 Å². The highest BCUT2D eigenvalue weighted by atomic mass is 32.2. The molecule has 0 bridgehead atoms. The van der Waals surface area contributed by atoms with E-state index in [2.05, 4.69) is 10.3 Å². The first kappa shape index (κ1) is 16.4. The Morgan fingerprint density at radius 2 is 2.04 bits per heavy atom. The number of benzene rings is 1. The molecule has 0 saturated carbocycles. The van der Waals surface area contributed by atoms with Crippen LogP contribution in [0.5, 0.6) is 0 Å². The van der Waals surface area contributed by atoms with Gasteiger partial charge in [-0.15, -0.1) is 0 Å². The number of nitrogens with zero attached hydrogens (tertiary/aromatic N) is 2. The lowest BCUT2D eigenvalue weighted by Gasteiger charge is -2.36. The molecule has 1 saturated heterocycles. The van der Waals surface area contributed by atoms with E-state index in [1.165, 1.54) is 0 Å². The van der Waals surface area contributed by atoms with Gasteiger partial charge in [-0.1, -0.05) is 12.1 Å². The summed E-state index contributed by atoms with van der Waals surface area (Å²) in [6.07, 6.45) is 4.25. The first-order valence-corrected chi connectivity index (χ1v) is 9.35. The van der Waals surface area contributed by atoms with Crippen LogP contribution >= 0.6 is 0 Å². The zero-order valence-corrected chi connectivity index (χ0v) is 14.7. The van der Waals surface area contributed by atoms with Gasteiger partial charge in [0, 0.05) is 41.8 Å². The van der Waals surface area contributed by atoms with E-state index in [-0.39, 0.29) is 0 Å². The van der Waals surface area contributed by atoms with E-state index < -0.39 is 15.6 Å². The van der Waals surface area contributed by atoms with Crippen LogP contribution in [0.3, 0.4) is 0 Å². The second-order valence-corrected chi connectivity index (χ2v) is 8.56. The predicted octanol–water partition coefficient (Wildman–Crippen LogP) is 2.31. The quantitative estimate of drug-likeness (QED) is 0.916. The van der Waals surface area contributed by atoms with Crippen LogP contribution < -0.4 is 5.32 Å². The predicted molar refractivity (Wildman–Crippen MR) is 91.9 cm³/mol. The van der Waals surface area contributed by atoms with E-state index in [0.717, 1.165) is 29.3 Å². The Hall–Kier alpha value is -1.50. The maximum absolute atomic E-state index is 13.4. The SMILES string of the molecule is Cc1cncc2cccc(S(=O)(=O)N3CCCNCC3(C)C)c12. The Balaban J connectivity index is 2.20. The first-order valence-electron chi connectivity index (χ1n) is 7.91. The van der Waals surface area contributed by atoms with Crippen LogP contribution in [0.2, 0.25) is 0 Å². The molecule has 2 aromatic rings. The van der Waals surface area contributed by atoms with Gasteiger partial charge in [-0.05, 0) is 45.4 Å². The van der Waals surface area contributed by atoms with Crippen molar-refractivity contribution in [3.63, 3.8) is 0 Å². The Bertz CT molecular complexity index is 826. The van der Waals surface area contributed by atoms with Gasteiger partial charge in [-0.25, -0.2) is 8.42 Å². The molecule has 23 heavy (non-hydrogen) atoms. The second kappa shape index (κ2) is 5.85. The van der Waals surface area contributed by atoms with Gasteiger partial charge in [0.2, 0.25) is 10.0 Å². The van der Waals surface area contributed by atoms with E-state index in [1.54, 1.807) is 28.8 Å². The maximum Gasteiger partial charge on any atom is 0.244 e. The number of sulfonamides is 1. The highest BCUT2D eigenvalue weighted by molar-refractivity contribution is 7.89. The number of hydrogen-bond donors (Lipinski definition) is 1. The molecule has 1 aromatic carbocycles. The van der Waals surface area contributed by atoms with Crippen LogP contribution in [-0.4, -0.2) is 42.9 Å². The summed E-state index contributed by atoms with van der Waals surface area (Å²) in [5.74, 6) is 0. The zero-order valence-electron chi connectivity index (χ0n) is 13.8. The molecule has 1 N–H and O–H groups in total. The van der Waals surface area contributed by atoms with Crippen molar-refractivity contribution in [2.45, 2.75) is 37.6 Å². The van der Waals surface area contributed by atoms with Gasteiger partial charge in [-0.3, -0.25) is 4.98 Å². The molecule has 0 spiro atoms. The third kappa shape index (κ3) is 2.86. The molecule has 5 nitrogen and oxygen atoms in total. The molecule has 6 heteroatoms. The van der Waals surface area contributed by atoms with Crippen LogP contribution in [0, 0.1) is 6.92 Å². The number of aromatic nitrogens is 1. The topological polar surface area (TPSA) is 62.3 Å². The molecule has 1 aromatic heterocycles. The molecule has 1 aliphatic rings. The van der Waals surface area contributed by atoms with Gasteiger partial charge in [0.15, 0.2) is 0 Å². The number of pyridine rings is 1. The number of fused-ring (bicyclic) bond motifs is 1. The van der Waals surface area contributed by atoms with E-state index in [4.69, 9.17) is 0 Å². The van der Waals surface area contributed by atoms with Crippen LogP contribution in [0.1, 0.15) is 25.8 Å². The van der Waals surface area contributed by atoms with Gasteiger partial charge in [0.05, 0.1) is 4.90 Å². The monoisotopic (exact) mass is 333 g/mol.